The predicted octanol–water partition coefficient (Wildman–Crippen LogP) is -1.53. The SMILES string of the molecule is [B]B=S(=B[B])(B([B])[B])C(=O)CNC(=O)C(CC(=O)C(Cc1ccccc1)NC(=O)CN)CC(C)C. The Labute approximate surface area is 215 Å². The van der Waals surface area contributed by atoms with Crippen molar-refractivity contribution in [3.8, 4) is 0 Å². The van der Waals surface area contributed by atoms with Crippen LogP contribution >= 0.6 is 8.73 Å². The van der Waals surface area contributed by atoms with Crippen molar-refractivity contribution in [2.45, 2.75) is 39.2 Å². The number of rotatable bonds is 13. The van der Waals surface area contributed by atoms with Crippen LogP contribution in [0.15, 0.2) is 30.3 Å². The van der Waals surface area contributed by atoms with Crippen molar-refractivity contribution in [2.75, 3.05) is 13.1 Å². The molecule has 0 aliphatic carbocycles. The van der Waals surface area contributed by atoms with E-state index >= 15 is 0 Å². The third-order valence-electron chi connectivity index (χ3n) is 5.47. The molecule has 2 unspecified atom stereocenters. The molecule has 1 aromatic rings. The first kappa shape index (κ1) is 31.3. The maximum atomic E-state index is 13.2. The Morgan fingerprint density at radius 3 is 2.17 bits per heavy atom. The first-order valence-corrected chi connectivity index (χ1v) is 13.1. The fourth-order valence-electron chi connectivity index (χ4n) is 3.54. The predicted molar refractivity (Wildman–Crippen MR) is 150 cm³/mol. The number of carbonyl (C=O) groups is 4. The first-order valence-electron chi connectivity index (χ1n) is 11.3. The average Bonchev–Trinajstić information content (AvgIpc) is 2.82. The molecule has 1 aromatic carbocycles. The van der Waals surface area contributed by atoms with Crippen molar-refractivity contribution in [3.05, 3.63) is 35.9 Å². The molecule has 0 heterocycles. The van der Waals surface area contributed by atoms with Gasteiger partial charge >= 0.3 is 192 Å². The van der Waals surface area contributed by atoms with Crippen LogP contribution in [0.1, 0.15) is 32.3 Å². The van der Waals surface area contributed by atoms with E-state index in [0.29, 0.717) is 6.42 Å². The number of carbonyl (C=O) groups excluding carboxylic acids is 4. The van der Waals surface area contributed by atoms with Crippen LogP contribution in [0.3, 0.4) is 0 Å². The fraction of sp³-hybridized carbons (Fsp3) is 0.500. The topological polar surface area (TPSA) is 118 Å². The number of hydrogen-bond acceptors (Lipinski definition) is 5. The van der Waals surface area contributed by atoms with Crippen LogP contribution in [-0.4, -0.2) is 90.7 Å². The summed E-state index contributed by atoms with van der Waals surface area (Å²) in [5, 5.41) is 4.72. The van der Waals surface area contributed by atoms with Crippen molar-refractivity contribution in [1.82, 2.24) is 10.6 Å². The van der Waals surface area contributed by atoms with Gasteiger partial charge in [0.2, 0.25) is 0 Å². The molecule has 7 nitrogen and oxygen atoms in total. The van der Waals surface area contributed by atoms with Gasteiger partial charge in [0.15, 0.2) is 0 Å². The van der Waals surface area contributed by atoms with E-state index in [1.165, 1.54) is 0 Å². The molecule has 0 saturated heterocycles. The monoisotopic (exact) mass is 483 g/mol. The number of hydrogen-bond donors (Lipinski definition) is 3. The van der Waals surface area contributed by atoms with Crippen molar-refractivity contribution in [3.63, 3.8) is 0 Å². The van der Waals surface area contributed by atoms with Gasteiger partial charge in [-0.05, 0) is 0 Å². The summed E-state index contributed by atoms with van der Waals surface area (Å²) in [5.41, 5.74) is 6.27. The molecule has 0 spiro atoms. The van der Waals surface area contributed by atoms with Crippen LogP contribution in [0.2, 0.25) is 0 Å². The van der Waals surface area contributed by atoms with E-state index in [2.05, 4.69) is 10.6 Å². The molecule has 2 amide bonds. The quantitative estimate of drug-likeness (QED) is 0.295. The molecule has 174 valence electrons. The third kappa shape index (κ3) is 9.68. The second kappa shape index (κ2) is 15.4. The summed E-state index contributed by atoms with van der Waals surface area (Å²) in [6, 6.07) is 10.5. The van der Waals surface area contributed by atoms with E-state index in [1.807, 2.05) is 44.2 Å². The number of nitrogens with one attached hydrogen (secondary N) is 2. The van der Waals surface area contributed by atoms with Crippen molar-refractivity contribution >= 4 is 80.3 Å². The molecule has 0 bridgehead atoms. The molecule has 1 rings (SSSR count). The number of ketones is 1. The van der Waals surface area contributed by atoms with Crippen LogP contribution in [0.4, 0.5) is 0 Å². The molecule has 0 fully saturated rings. The summed E-state index contributed by atoms with van der Waals surface area (Å²) >= 11 is 0. The van der Waals surface area contributed by atoms with E-state index in [1.54, 1.807) is 0 Å². The van der Waals surface area contributed by atoms with Crippen LogP contribution in [0.25, 0.3) is 0 Å². The third-order valence-corrected chi connectivity index (χ3v) is 8.20. The van der Waals surface area contributed by atoms with E-state index in [-0.39, 0.29) is 37.6 Å². The summed E-state index contributed by atoms with van der Waals surface area (Å²) in [5.74, 6) is -2.99. The zero-order valence-electron chi connectivity index (χ0n) is 20.3. The number of benzene rings is 1. The Hall–Kier alpha value is -1.74. The van der Waals surface area contributed by atoms with Crippen LogP contribution in [-0.2, 0) is 25.6 Å². The fourth-order valence-corrected chi connectivity index (χ4v) is 4.93. The number of amides is 2. The number of Topliss-reactive ketones (excluding diaryl/α,β-unsaturated/α-hetero) is 1. The van der Waals surface area contributed by atoms with Gasteiger partial charge in [0.25, 0.3) is 0 Å². The summed E-state index contributed by atoms with van der Waals surface area (Å²) in [6.07, 6.45) is 0.537. The van der Waals surface area contributed by atoms with Gasteiger partial charge in [-0.15, -0.1) is 0 Å². The second-order valence-electron chi connectivity index (χ2n) is 8.60. The molecular formula is C20H28B7N3O4S. The van der Waals surface area contributed by atoms with E-state index in [0.717, 1.165) is 17.7 Å². The molecule has 15 heteroatoms. The van der Waals surface area contributed by atoms with Crippen molar-refractivity contribution in [1.29, 1.82) is 0 Å². The zero-order chi connectivity index (χ0) is 26.6. The minimum absolute atomic E-state index is 0.0948. The number of nitrogens with two attached hydrogens (primary N) is 1. The maximum absolute atomic E-state index is 13.2. The van der Waals surface area contributed by atoms with Crippen LogP contribution in [0.5, 0.6) is 0 Å². The van der Waals surface area contributed by atoms with Gasteiger partial charge in [0.05, 0.1) is 0 Å². The van der Waals surface area contributed by atoms with Crippen LogP contribution in [0, 0.1) is 11.8 Å². The molecule has 0 aromatic heterocycles. The molecule has 4 N–H and O–H groups in total. The van der Waals surface area contributed by atoms with Crippen LogP contribution < -0.4 is 16.4 Å². The Morgan fingerprint density at radius 1 is 1.09 bits per heavy atom. The van der Waals surface area contributed by atoms with Gasteiger partial charge in [-0.3, -0.25) is 0 Å². The van der Waals surface area contributed by atoms with Gasteiger partial charge in [-0.1, -0.05) is 18.2 Å². The molecule has 35 heavy (non-hydrogen) atoms. The Kier molecular flexibility index (Phi) is 13.8. The summed E-state index contributed by atoms with van der Waals surface area (Å²) in [4.78, 5) is 50.9. The van der Waals surface area contributed by atoms with Gasteiger partial charge in [-0.25, -0.2) is 0 Å². The van der Waals surface area contributed by atoms with Gasteiger partial charge in [0.1, 0.15) is 0 Å². The standard InChI is InChI=1S/C20H28B7N3O4S/c1-13(2)8-15(20(34)29-12-19(33)35(25-21,26-22)27(23)24)10-17(31)16(30-18(32)11-28)9-14-6-4-3-5-7-14/h3-7,13,15-16H,8-12,28H2,1-2H3,(H,29,34)(H,30,32). The van der Waals surface area contributed by atoms with Gasteiger partial charge in [-0.2, -0.15) is 0 Å². The molecule has 8 radical (unpaired) electrons. The Bertz CT molecular complexity index is 1000. The molecule has 0 aliphatic rings. The van der Waals surface area contributed by atoms with Gasteiger partial charge < -0.3 is 5.73 Å². The summed E-state index contributed by atoms with van der Waals surface area (Å²) in [7, 11) is 20.0. The molecule has 0 aliphatic heterocycles. The summed E-state index contributed by atoms with van der Waals surface area (Å²) in [6.45, 7) is 3.19. The Balaban J connectivity index is 3.03. The molecular weight excluding hydrogens is 454 g/mol. The van der Waals surface area contributed by atoms with Crippen molar-refractivity contribution < 1.29 is 19.2 Å². The summed E-state index contributed by atoms with van der Waals surface area (Å²) < 4.78 is 0. The zero-order valence-corrected chi connectivity index (χ0v) is 21.1. The molecule has 2 atom stereocenters. The van der Waals surface area contributed by atoms with Crippen molar-refractivity contribution in [2.24, 2.45) is 17.6 Å². The van der Waals surface area contributed by atoms with E-state index in [9.17, 15) is 19.2 Å². The minimum atomic E-state index is -2.62. The normalized spacial score (nSPS) is 12.6. The second-order valence-corrected chi connectivity index (χ2v) is 11.7. The van der Waals surface area contributed by atoms with E-state index < -0.39 is 43.4 Å². The Morgan fingerprint density at radius 2 is 1.69 bits per heavy atom. The molecule has 0 saturated carbocycles. The van der Waals surface area contributed by atoms with Gasteiger partial charge in [0, 0.05) is 0 Å². The first-order chi connectivity index (χ1) is 16.5. The van der Waals surface area contributed by atoms with E-state index in [4.69, 9.17) is 36.7 Å². The average molecular weight is 482 g/mol.